The van der Waals surface area contributed by atoms with Gasteiger partial charge in [-0.3, -0.25) is 18.6 Å². The first-order valence-corrected chi connectivity index (χ1v) is 21.9. The number of ether oxygens (including phenoxy) is 2. The number of hydrogen-bond donors (Lipinski definition) is 1. The van der Waals surface area contributed by atoms with E-state index in [2.05, 4.69) is 56.4 Å². The largest absolute Gasteiger partial charge is 0.472 e. The van der Waals surface area contributed by atoms with Gasteiger partial charge in [-0.05, 0) is 51.4 Å². The van der Waals surface area contributed by atoms with E-state index in [0.29, 0.717) is 23.9 Å². The first kappa shape index (κ1) is 50.0. The van der Waals surface area contributed by atoms with E-state index in [1.54, 1.807) is 0 Å². The predicted octanol–water partition coefficient (Wildman–Crippen LogP) is 11.1. The molecule has 0 aliphatic heterocycles. The highest BCUT2D eigenvalue weighted by atomic mass is 31.2. The molecule has 0 aliphatic rings. The lowest BCUT2D eigenvalue weighted by atomic mass is 10.1. The summed E-state index contributed by atoms with van der Waals surface area (Å²) < 4.78 is 34.1. The summed E-state index contributed by atoms with van der Waals surface area (Å²) in [6.07, 6.45) is 38.8. The van der Waals surface area contributed by atoms with E-state index >= 15 is 0 Å². The van der Waals surface area contributed by atoms with Crippen LogP contribution in [-0.4, -0.2) is 74.9 Å². The summed E-state index contributed by atoms with van der Waals surface area (Å²) in [5.74, 6) is -0.867. The van der Waals surface area contributed by atoms with Gasteiger partial charge in [0, 0.05) is 12.8 Å². The quantitative estimate of drug-likeness (QED) is 0.0221. The third-order valence-corrected chi connectivity index (χ3v) is 9.35. The molecular formula is C42H77NO8P+. The molecule has 0 radical (unpaired) electrons. The summed E-state index contributed by atoms with van der Waals surface area (Å²) >= 11 is 0. The van der Waals surface area contributed by atoms with Crippen molar-refractivity contribution in [2.45, 2.75) is 161 Å². The van der Waals surface area contributed by atoms with Gasteiger partial charge in [0.25, 0.3) is 0 Å². The molecule has 2 atom stereocenters. The molecule has 2 unspecified atom stereocenters. The second-order valence-electron chi connectivity index (χ2n) is 14.7. The number of nitrogens with zero attached hydrogens (tertiary/aromatic N) is 1. The zero-order valence-corrected chi connectivity index (χ0v) is 34.7. The molecule has 0 rings (SSSR count). The summed E-state index contributed by atoms with van der Waals surface area (Å²) in [7, 11) is 1.44. The van der Waals surface area contributed by atoms with Crippen molar-refractivity contribution in [1.29, 1.82) is 0 Å². The van der Waals surface area contributed by atoms with Crippen molar-refractivity contribution >= 4 is 19.8 Å². The Kier molecular flexibility index (Phi) is 33.4. The van der Waals surface area contributed by atoms with Gasteiger partial charge in [-0.25, -0.2) is 4.57 Å². The van der Waals surface area contributed by atoms with E-state index in [4.69, 9.17) is 18.5 Å². The molecular weight excluding hydrogens is 677 g/mol. The van der Waals surface area contributed by atoms with E-state index < -0.39 is 26.5 Å². The maximum Gasteiger partial charge on any atom is 0.472 e. The van der Waals surface area contributed by atoms with Crippen molar-refractivity contribution in [2.24, 2.45) is 0 Å². The van der Waals surface area contributed by atoms with Crippen LogP contribution in [0.2, 0.25) is 0 Å². The number of phosphoric acid groups is 1. The highest BCUT2D eigenvalue weighted by Gasteiger charge is 2.27. The summed E-state index contributed by atoms with van der Waals surface area (Å²) in [5, 5.41) is 0. The summed E-state index contributed by atoms with van der Waals surface area (Å²) in [4.78, 5) is 35.2. The minimum Gasteiger partial charge on any atom is -0.462 e. The molecule has 10 heteroatoms. The van der Waals surface area contributed by atoms with E-state index in [9.17, 15) is 19.0 Å². The highest BCUT2D eigenvalue weighted by molar-refractivity contribution is 7.47. The molecule has 52 heavy (non-hydrogen) atoms. The van der Waals surface area contributed by atoms with Crippen LogP contribution in [0.5, 0.6) is 0 Å². The van der Waals surface area contributed by atoms with E-state index in [1.165, 1.54) is 77.0 Å². The molecule has 0 fully saturated rings. The molecule has 0 spiro atoms. The number of carbonyl (C=O) groups is 2. The number of unbranched alkanes of at least 4 members (excludes halogenated alkanes) is 14. The average molecular weight is 755 g/mol. The molecule has 0 bridgehead atoms. The first-order valence-electron chi connectivity index (χ1n) is 20.4. The Hall–Kier alpha value is -2.03. The van der Waals surface area contributed by atoms with Crippen molar-refractivity contribution in [3.63, 3.8) is 0 Å². The van der Waals surface area contributed by atoms with Crippen molar-refractivity contribution in [2.75, 3.05) is 47.5 Å². The van der Waals surface area contributed by atoms with Gasteiger partial charge in [-0.1, -0.05) is 140 Å². The Morgan fingerprint density at radius 2 is 1.06 bits per heavy atom. The van der Waals surface area contributed by atoms with Crippen LogP contribution in [0.3, 0.4) is 0 Å². The third kappa shape index (κ3) is 37.7. The summed E-state index contributed by atoms with van der Waals surface area (Å²) in [6.45, 7) is 4.30. The summed E-state index contributed by atoms with van der Waals surface area (Å²) in [6, 6.07) is 0. The fraction of sp³-hybridized carbons (Fsp3) is 0.762. The molecule has 302 valence electrons. The molecule has 0 amide bonds. The average Bonchev–Trinajstić information content (AvgIpc) is 3.09. The van der Waals surface area contributed by atoms with E-state index in [-0.39, 0.29) is 32.0 Å². The van der Waals surface area contributed by atoms with Crippen molar-refractivity contribution in [3.8, 4) is 0 Å². The second-order valence-corrected chi connectivity index (χ2v) is 16.1. The Morgan fingerprint density at radius 1 is 0.596 bits per heavy atom. The van der Waals surface area contributed by atoms with Crippen molar-refractivity contribution in [1.82, 2.24) is 0 Å². The van der Waals surface area contributed by atoms with Crippen molar-refractivity contribution < 1.29 is 42.1 Å². The zero-order chi connectivity index (χ0) is 38.6. The number of rotatable bonds is 36. The van der Waals surface area contributed by atoms with Gasteiger partial charge < -0.3 is 18.9 Å². The van der Waals surface area contributed by atoms with Gasteiger partial charge in [-0.15, -0.1) is 0 Å². The molecule has 0 heterocycles. The number of esters is 2. The molecule has 0 saturated heterocycles. The van der Waals surface area contributed by atoms with Crippen LogP contribution in [0.15, 0.2) is 48.6 Å². The Morgan fingerprint density at radius 3 is 1.60 bits per heavy atom. The predicted molar refractivity (Wildman–Crippen MR) is 215 cm³/mol. The van der Waals surface area contributed by atoms with Crippen LogP contribution in [0.1, 0.15) is 155 Å². The maximum atomic E-state index is 12.6. The minimum absolute atomic E-state index is 0.0210. The molecule has 0 aromatic carbocycles. The van der Waals surface area contributed by atoms with Crippen LogP contribution in [0.25, 0.3) is 0 Å². The normalized spacial score (nSPS) is 14.2. The SMILES string of the molecule is CCCCC/C=C\C/C=C\C/C=C\C/C=C\CCCC(=O)OC(COC(=O)CCCCCCCCCCCCC)COP(=O)(O)OCC[N+](C)(C)C. The lowest BCUT2D eigenvalue weighted by Gasteiger charge is -2.24. The highest BCUT2D eigenvalue weighted by Crippen LogP contribution is 2.43. The Labute approximate surface area is 318 Å². The molecule has 9 nitrogen and oxygen atoms in total. The Bertz CT molecular complexity index is 1030. The smallest absolute Gasteiger partial charge is 0.462 e. The lowest BCUT2D eigenvalue weighted by Crippen LogP contribution is -2.37. The van der Waals surface area contributed by atoms with Crippen LogP contribution in [-0.2, 0) is 32.7 Å². The Balaban J connectivity index is 4.52. The minimum atomic E-state index is -4.38. The molecule has 0 saturated carbocycles. The van der Waals surface area contributed by atoms with E-state index in [1.807, 2.05) is 27.2 Å². The maximum absolute atomic E-state index is 12.6. The van der Waals surface area contributed by atoms with Gasteiger partial charge in [0.2, 0.25) is 0 Å². The number of phosphoric ester groups is 1. The van der Waals surface area contributed by atoms with E-state index in [0.717, 1.165) is 38.5 Å². The van der Waals surface area contributed by atoms with Crippen molar-refractivity contribution in [3.05, 3.63) is 48.6 Å². The van der Waals surface area contributed by atoms with Crippen LogP contribution >= 0.6 is 7.82 Å². The number of hydrogen-bond acceptors (Lipinski definition) is 7. The topological polar surface area (TPSA) is 108 Å². The lowest BCUT2D eigenvalue weighted by molar-refractivity contribution is -0.870. The van der Waals surface area contributed by atoms with Crippen LogP contribution in [0.4, 0.5) is 0 Å². The monoisotopic (exact) mass is 755 g/mol. The summed E-state index contributed by atoms with van der Waals surface area (Å²) in [5.41, 5.74) is 0. The third-order valence-electron chi connectivity index (χ3n) is 8.36. The second kappa shape index (κ2) is 34.7. The van der Waals surface area contributed by atoms with Gasteiger partial charge in [-0.2, -0.15) is 0 Å². The van der Waals surface area contributed by atoms with Gasteiger partial charge in [0.1, 0.15) is 19.8 Å². The molecule has 0 aromatic heterocycles. The molecule has 0 aliphatic carbocycles. The number of quaternary nitrogens is 1. The molecule has 0 aromatic rings. The molecule has 1 N–H and O–H groups in total. The first-order chi connectivity index (χ1) is 25.0. The number of allylic oxidation sites excluding steroid dienone is 8. The van der Waals surface area contributed by atoms with Gasteiger partial charge >= 0.3 is 19.8 Å². The van der Waals surface area contributed by atoms with Crippen LogP contribution < -0.4 is 0 Å². The fourth-order valence-electron chi connectivity index (χ4n) is 5.12. The fourth-order valence-corrected chi connectivity index (χ4v) is 5.86. The number of carbonyl (C=O) groups excluding carboxylic acids is 2. The number of likely N-dealkylation sites (N-methyl/N-ethyl adjacent to an activating group) is 1. The van der Waals surface area contributed by atoms with Crippen LogP contribution in [0, 0.1) is 0 Å². The van der Waals surface area contributed by atoms with Gasteiger partial charge in [0.15, 0.2) is 6.10 Å². The van der Waals surface area contributed by atoms with Gasteiger partial charge in [0.05, 0.1) is 27.7 Å². The standard InChI is InChI=1S/C42H76NO8P/c1-6-8-10-12-14-16-18-19-20-21-22-23-25-27-29-31-33-35-42(45)51-40(39-50-52(46,47)49-37-36-43(3,4)5)38-48-41(44)34-32-30-28-26-24-17-15-13-11-9-7-2/h14,16,19-20,22-23,27,29,40H,6-13,15,17-18,21,24-26,28,30-39H2,1-5H3/p+1/b16-14-,20-19-,23-22-,29-27-. The zero-order valence-electron chi connectivity index (χ0n) is 33.8.